The molecule has 0 bridgehead atoms. The van der Waals surface area contributed by atoms with E-state index in [1.807, 2.05) is 0 Å². The maximum atomic E-state index is 10.8. The van der Waals surface area contributed by atoms with Gasteiger partial charge in [0, 0.05) is 19.6 Å². The SMILES string of the molecule is CP(=O)(O)OC1CN[C@H](C(=O)O)C1. The zero-order valence-electron chi connectivity index (χ0n) is 7.14. The first-order valence-corrected chi connectivity index (χ1v) is 5.86. The molecule has 6 nitrogen and oxygen atoms in total. The molecule has 0 aromatic rings. The Labute approximate surface area is 75.4 Å². The number of rotatable bonds is 3. The average Bonchev–Trinajstić information content (AvgIpc) is 2.31. The van der Waals surface area contributed by atoms with Crippen LogP contribution in [-0.2, 0) is 13.9 Å². The normalized spacial score (nSPS) is 32.8. The molecule has 0 aromatic carbocycles. The van der Waals surface area contributed by atoms with Crippen LogP contribution in [-0.4, -0.2) is 41.3 Å². The molecule has 3 N–H and O–H groups in total. The van der Waals surface area contributed by atoms with Gasteiger partial charge in [-0.3, -0.25) is 9.36 Å². The quantitative estimate of drug-likeness (QED) is 0.549. The van der Waals surface area contributed by atoms with Crippen molar-refractivity contribution in [2.45, 2.75) is 18.6 Å². The Bertz CT molecular complexity index is 249. The molecule has 0 amide bonds. The van der Waals surface area contributed by atoms with Gasteiger partial charge in [0.05, 0.1) is 6.10 Å². The van der Waals surface area contributed by atoms with E-state index in [9.17, 15) is 9.36 Å². The highest BCUT2D eigenvalue weighted by Crippen LogP contribution is 2.39. The Kier molecular flexibility index (Phi) is 3.08. The van der Waals surface area contributed by atoms with Crippen molar-refractivity contribution in [1.29, 1.82) is 0 Å². The molecule has 0 aromatic heterocycles. The largest absolute Gasteiger partial charge is 0.480 e. The van der Waals surface area contributed by atoms with Crippen molar-refractivity contribution in [2.75, 3.05) is 13.2 Å². The van der Waals surface area contributed by atoms with Crippen LogP contribution in [0, 0.1) is 0 Å². The second kappa shape index (κ2) is 3.75. The lowest BCUT2D eigenvalue weighted by Gasteiger charge is -2.12. The monoisotopic (exact) mass is 209 g/mol. The van der Waals surface area contributed by atoms with Crippen LogP contribution in [0.15, 0.2) is 0 Å². The van der Waals surface area contributed by atoms with E-state index < -0.39 is 25.7 Å². The third-order valence-electron chi connectivity index (χ3n) is 1.73. The van der Waals surface area contributed by atoms with Crippen molar-refractivity contribution >= 4 is 13.6 Å². The van der Waals surface area contributed by atoms with Gasteiger partial charge in [-0.1, -0.05) is 0 Å². The summed E-state index contributed by atoms with van der Waals surface area (Å²) in [5.74, 6) is -0.963. The molecule has 0 aliphatic carbocycles. The van der Waals surface area contributed by atoms with Gasteiger partial charge in [-0.05, 0) is 0 Å². The van der Waals surface area contributed by atoms with Crippen molar-refractivity contribution in [3.8, 4) is 0 Å². The summed E-state index contributed by atoms with van der Waals surface area (Å²) in [5, 5.41) is 11.3. The highest BCUT2D eigenvalue weighted by Gasteiger charge is 2.32. The van der Waals surface area contributed by atoms with Crippen molar-refractivity contribution in [1.82, 2.24) is 5.32 Å². The van der Waals surface area contributed by atoms with Crippen LogP contribution in [0.3, 0.4) is 0 Å². The van der Waals surface area contributed by atoms with Gasteiger partial charge in [0.1, 0.15) is 6.04 Å². The number of nitrogens with one attached hydrogen (secondary N) is 1. The maximum absolute atomic E-state index is 10.8. The van der Waals surface area contributed by atoms with Crippen LogP contribution in [0.5, 0.6) is 0 Å². The first-order valence-electron chi connectivity index (χ1n) is 3.83. The van der Waals surface area contributed by atoms with Crippen molar-refractivity contribution in [3.05, 3.63) is 0 Å². The first kappa shape index (κ1) is 10.7. The van der Waals surface area contributed by atoms with Gasteiger partial charge in [-0.15, -0.1) is 0 Å². The van der Waals surface area contributed by atoms with E-state index in [0.29, 0.717) is 6.54 Å². The molecule has 1 aliphatic heterocycles. The molecule has 76 valence electrons. The fourth-order valence-corrected chi connectivity index (χ4v) is 1.96. The topological polar surface area (TPSA) is 95.9 Å². The molecule has 7 heteroatoms. The zero-order valence-corrected chi connectivity index (χ0v) is 8.03. The summed E-state index contributed by atoms with van der Waals surface area (Å²) in [6, 6.07) is -0.670. The van der Waals surface area contributed by atoms with E-state index >= 15 is 0 Å². The van der Waals surface area contributed by atoms with E-state index in [1.54, 1.807) is 0 Å². The van der Waals surface area contributed by atoms with Crippen molar-refractivity contribution in [2.24, 2.45) is 0 Å². The predicted octanol–water partition coefficient (Wildman–Crippen LogP) is -0.367. The van der Waals surface area contributed by atoms with Crippen LogP contribution < -0.4 is 5.32 Å². The Morgan fingerprint density at radius 2 is 2.31 bits per heavy atom. The average molecular weight is 209 g/mol. The summed E-state index contributed by atoms with van der Waals surface area (Å²) in [6.07, 6.45) is -0.254. The van der Waals surface area contributed by atoms with Gasteiger partial charge in [0.2, 0.25) is 0 Å². The lowest BCUT2D eigenvalue weighted by atomic mass is 10.2. The molecular formula is C6H12NO5P. The molecule has 0 radical (unpaired) electrons. The smallest absolute Gasteiger partial charge is 0.325 e. The van der Waals surface area contributed by atoms with Gasteiger partial charge >= 0.3 is 13.6 Å². The number of aliphatic carboxylic acids is 1. The lowest BCUT2D eigenvalue weighted by Crippen LogP contribution is -2.29. The fraction of sp³-hybridized carbons (Fsp3) is 0.833. The summed E-state index contributed by atoms with van der Waals surface area (Å²) in [4.78, 5) is 19.3. The molecule has 0 spiro atoms. The molecule has 1 rings (SSSR count). The van der Waals surface area contributed by atoms with Gasteiger partial charge in [0.15, 0.2) is 0 Å². The fourth-order valence-electron chi connectivity index (χ4n) is 1.25. The van der Waals surface area contributed by atoms with E-state index in [4.69, 9.17) is 14.5 Å². The Morgan fingerprint density at radius 3 is 2.69 bits per heavy atom. The van der Waals surface area contributed by atoms with Crippen LogP contribution in [0.2, 0.25) is 0 Å². The minimum atomic E-state index is -3.50. The zero-order chi connectivity index (χ0) is 10.1. The summed E-state index contributed by atoms with van der Waals surface area (Å²) in [5.41, 5.74) is 0. The highest BCUT2D eigenvalue weighted by atomic mass is 31.2. The number of hydrogen-bond donors (Lipinski definition) is 3. The van der Waals surface area contributed by atoms with E-state index in [2.05, 4.69) is 5.32 Å². The number of carboxylic acids is 1. The van der Waals surface area contributed by atoms with E-state index in [0.717, 1.165) is 6.66 Å². The minimum absolute atomic E-state index is 0.230. The molecular weight excluding hydrogens is 197 g/mol. The van der Waals surface area contributed by atoms with Crippen molar-refractivity contribution < 1.29 is 23.9 Å². The van der Waals surface area contributed by atoms with Crippen LogP contribution in [0.25, 0.3) is 0 Å². The summed E-state index contributed by atoms with van der Waals surface area (Å²) in [6.45, 7) is 1.39. The number of carboxylic acid groups (broad SMARTS) is 1. The van der Waals surface area contributed by atoms with Crippen LogP contribution >= 0.6 is 7.60 Å². The lowest BCUT2D eigenvalue weighted by molar-refractivity contribution is -0.139. The van der Waals surface area contributed by atoms with Crippen LogP contribution in [0.4, 0.5) is 0 Å². The second-order valence-corrected chi connectivity index (χ2v) is 4.88. The molecule has 3 atom stereocenters. The summed E-state index contributed by atoms with van der Waals surface area (Å²) < 4.78 is 15.6. The van der Waals surface area contributed by atoms with E-state index in [1.165, 1.54) is 0 Å². The van der Waals surface area contributed by atoms with Crippen LogP contribution in [0.1, 0.15) is 6.42 Å². The molecule has 1 aliphatic rings. The molecule has 1 saturated heterocycles. The molecule has 1 heterocycles. The minimum Gasteiger partial charge on any atom is -0.480 e. The Morgan fingerprint density at radius 1 is 1.69 bits per heavy atom. The molecule has 13 heavy (non-hydrogen) atoms. The van der Waals surface area contributed by atoms with Gasteiger partial charge < -0.3 is 19.8 Å². The number of carbonyl (C=O) groups is 1. The standard InChI is InChI=1S/C6H12NO5P/c1-13(10,11)12-4-2-5(6(8)9)7-3-4/h4-5,7H,2-3H2,1H3,(H,8,9)(H,10,11)/t4?,5-/m0/s1. The molecule has 1 fully saturated rings. The van der Waals surface area contributed by atoms with Gasteiger partial charge in [-0.2, -0.15) is 0 Å². The highest BCUT2D eigenvalue weighted by molar-refractivity contribution is 7.51. The van der Waals surface area contributed by atoms with Gasteiger partial charge in [-0.25, -0.2) is 0 Å². The predicted molar refractivity (Wildman–Crippen MR) is 44.7 cm³/mol. The maximum Gasteiger partial charge on any atom is 0.325 e. The summed E-state index contributed by atoms with van der Waals surface area (Å²) in [7, 11) is -3.50. The Balaban J connectivity index is 2.42. The first-order chi connectivity index (χ1) is 5.88. The third kappa shape index (κ3) is 3.44. The summed E-state index contributed by atoms with van der Waals surface area (Å²) >= 11 is 0. The molecule has 2 unspecified atom stereocenters. The van der Waals surface area contributed by atoms with Crippen molar-refractivity contribution in [3.63, 3.8) is 0 Å². The number of hydrogen-bond acceptors (Lipinski definition) is 4. The third-order valence-corrected chi connectivity index (χ3v) is 2.42. The van der Waals surface area contributed by atoms with Gasteiger partial charge in [0.25, 0.3) is 0 Å². The van der Waals surface area contributed by atoms with E-state index in [-0.39, 0.29) is 6.42 Å². The Hall–Kier alpha value is -0.420. The molecule has 0 saturated carbocycles. The second-order valence-electron chi connectivity index (χ2n) is 3.07.